The van der Waals surface area contributed by atoms with Crippen LogP contribution in [0, 0.1) is 0 Å². The minimum atomic E-state index is -4.59. The number of likely N-dealkylation sites (tertiary alicyclic amines) is 1. The van der Waals surface area contributed by atoms with Gasteiger partial charge in [0.1, 0.15) is 6.10 Å². The molecule has 3 nitrogen and oxygen atoms in total. The van der Waals surface area contributed by atoms with E-state index in [-0.39, 0.29) is 19.0 Å². The van der Waals surface area contributed by atoms with Crippen LogP contribution >= 0.6 is 0 Å². The van der Waals surface area contributed by atoms with Gasteiger partial charge in [-0.3, -0.25) is 9.53 Å². The van der Waals surface area contributed by atoms with E-state index in [0.29, 0.717) is 0 Å². The normalized spacial score (nSPS) is 19.2. The van der Waals surface area contributed by atoms with E-state index >= 15 is 0 Å². The number of nitrogens with zero attached hydrogens (tertiary/aromatic N) is 1. The molecular formula is C6H8F3NO2. The van der Waals surface area contributed by atoms with Crippen molar-refractivity contribution >= 4 is 5.91 Å². The molecule has 0 atom stereocenters. The van der Waals surface area contributed by atoms with Gasteiger partial charge in [0.2, 0.25) is 5.91 Å². The van der Waals surface area contributed by atoms with Gasteiger partial charge < -0.3 is 4.90 Å². The van der Waals surface area contributed by atoms with Gasteiger partial charge in [-0.15, -0.1) is 13.2 Å². The minimum absolute atomic E-state index is 0.0366. The predicted octanol–water partition coefficient (Wildman–Crippen LogP) is 0.753. The van der Waals surface area contributed by atoms with E-state index in [1.54, 1.807) is 0 Å². The van der Waals surface area contributed by atoms with Crippen molar-refractivity contribution in [2.45, 2.75) is 19.4 Å². The van der Waals surface area contributed by atoms with Crippen LogP contribution in [-0.4, -0.2) is 36.4 Å². The number of hydrogen-bond acceptors (Lipinski definition) is 2. The van der Waals surface area contributed by atoms with Crippen molar-refractivity contribution in [2.75, 3.05) is 13.1 Å². The van der Waals surface area contributed by atoms with Crippen molar-refractivity contribution in [3.05, 3.63) is 0 Å². The Kier molecular flexibility index (Phi) is 2.27. The molecule has 1 saturated heterocycles. The molecule has 1 aliphatic heterocycles. The summed E-state index contributed by atoms with van der Waals surface area (Å²) < 4.78 is 38.2. The lowest BCUT2D eigenvalue weighted by Crippen LogP contribution is -2.55. The van der Waals surface area contributed by atoms with E-state index in [1.807, 2.05) is 0 Å². The van der Waals surface area contributed by atoms with E-state index in [1.165, 1.54) is 11.8 Å². The van der Waals surface area contributed by atoms with Crippen LogP contribution < -0.4 is 0 Å². The molecule has 0 aromatic carbocycles. The molecule has 1 aliphatic rings. The van der Waals surface area contributed by atoms with Crippen LogP contribution in [0.5, 0.6) is 0 Å². The molecule has 1 rings (SSSR count). The number of ether oxygens (including phenoxy) is 1. The largest absolute Gasteiger partial charge is 0.522 e. The zero-order chi connectivity index (χ0) is 9.35. The molecule has 0 radical (unpaired) electrons. The molecular weight excluding hydrogens is 175 g/mol. The molecule has 1 heterocycles. The van der Waals surface area contributed by atoms with Crippen LogP contribution in [0.15, 0.2) is 0 Å². The lowest BCUT2D eigenvalue weighted by Gasteiger charge is -2.38. The first-order chi connectivity index (χ1) is 5.38. The second kappa shape index (κ2) is 2.93. The Labute approximate surface area is 67.1 Å². The van der Waals surface area contributed by atoms with E-state index < -0.39 is 12.5 Å². The lowest BCUT2D eigenvalue weighted by molar-refractivity contribution is -0.353. The average Bonchev–Trinajstić information content (AvgIpc) is 1.74. The second-order valence-corrected chi connectivity index (χ2v) is 2.61. The molecule has 70 valence electrons. The quantitative estimate of drug-likeness (QED) is 0.600. The van der Waals surface area contributed by atoms with Gasteiger partial charge in [0.25, 0.3) is 0 Å². The fourth-order valence-electron chi connectivity index (χ4n) is 0.959. The summed E-state index contributed by atoms with van der Waals surface area (Å²) in [5.74, 6) is -0.225. The zero-order valence-corrected chi connectivity index (χ0v) is 6.39. The van der Waals surface area contributed by atoms with Crippen molar-refractivity contribution in [3.8, 4) is 0 Å². The fraction of sp³-hybridized carbons (Fsp3) is 0.833. The van der Waals surface area contributed by atoms with Crippen molar-refractivity contribution in [1.29, 1.82) is 0 Å². The molecule has 0 spiro atoms. The Morgan fingerprint density at radius 2 is 2.00 bits per heavy atom. The molecule has 6 heteroatoms. The Hall–Kier alpha value is -0.780. The predicted molar refractivity (Wildman–Crippen MR) is 33.2 cm³/mol. The first-order valence-corrected chi connectivity index (χ1v) is 3.38. The monoisotopic (exact) mass is 183 g/mol. The first kappa shape index (κ1) is 9.31. The minimum Gasteiger partial charge on any atom is -0.338 e. The molecule has 0 aromatic heterocycles. The highest BCUT2D eigenvalue weighted by atomic mass is 19.4. The maximum Gasteiger partial charge on any atom is 0.522 e. The van der Waals surface area contributed by atoms with Gasteiger partial charge in [-0.05, 0) is 0 Å². The summed E-state index contributed by atoms with van der Waals surface area (Å²) in [7, 11) is 0. The van der Waals surface area contributed by atoms with Crippen molar-refractivity contribution in [1.82, 2.24) is 4.90 Å². The van der Waals surface area contributed by atoms with E-state index in [2.05, 4.69) is 4.74 Å². The fourth-order valence-corrected chi connectivity index (χ4v) is 0.959. The van der Waals surface area contributed by atoms with Gasteiger partial charge in [0.15, 0.2) is 0 Å². The number of alkyl halides is 3. The molecule has 0 N–H and O–H groups in total. The van der Waals surface area contributed by atoms with Crippen LogP contribution in [0.3, 0.4) is 0 Å². The summed E-state index contributed by atoms with van der Waals surface area (Å²) in [5, 5.41) is 0. The molecule has 0 saturated carbocycles. The Balaban J connectivity index is 2.22. The molecule has 1 amide bonds. The number of carbonyl (C=O) groups excluding carboxylic acids is 1. The maximum absolute atomic E-state index is 11.5. The maximum atomic E-state index is 11.5. The van der Waals surface area contributed by atoms with Gasteiger partial charge in [-0.1, -0.05) is 0 Å². The molecule has 0 unspecified atom stereocenters. The highest BCUT2D eigenvalue weighted by molar-refractivity contribution is 5.74. The summed E-state index contributed by atoms with van der Waals surface area (Å²) in [6, 6.07) is 0. The first-order valence-electron chi connectivity index (χ1n) is 3.38. The number of amides is 1. The highest BCUT2D eigenvalue weighted by Crippen LogP contribution is 2.23. The number of hydrogen-bond donors (Lipinski definition) is 0. The van der Waals surface area contributed by atoms with E-state index in [4.69, 9.17) is 0 Å². The third kappa shape index (κ3) is 2.37. The zero-order valence-electron chi connectivity index (χ0n) is 6.39. The Morgan fingerprint density at radius 3 is 2.33 bits per heavy atom. The molecule has 1 fully saturated rings. The van der Waals surface area contributed by atoms with Crippen LogP contribution in [-0.2, 0) is 9.53 Å². The highest BCUT2D eigenvalue weighted by Gasteiger charge is 2.39. The van der Waals surface area contributed by atoms with Crippen molar-refractivity contribution in [3.63, 3.8) is 0 Å². The van der Waals surface area contributed by atoms with Crippen molar-refractivity contribution in [2.24, 2.45) is 0 Å². The number of carbonyl (C=O) groups is 1. The summed E-state index contributed by atoms with van der Waals surface area (Å²) in [5.41, 5.74) is 0. The SMILES string of the molecule is CC(=O)N1CC(OC(F)(F)F)C1. The van der Waals surface area contributed by atoms with Crippen molar-refractivity contribution < 1.29 is 22.7 Å². The molecule has 12 heavy (non-hydrogen) atoms. The van der Waals surface area contributed by atoms with E-state index in [9.17, 15) is 18.0 Å². The van der Waals surface area contributed by atoms with Crippen LogP contribution in [0.25, 0.3) is 0 Å². The topological polar surface area (TPSA) is 29.5 Å². The van der Waals surface area contributed by atoms with Gasteiger partial charge in [0, 0.05) is 20.0 Å². The average molecular weight is 183 g/mol. The van der Waals surface area contributed by atoms with Gasteiger partial charge >= 0.3 is 6.36 Å². The summed E-state index contributed by atoms with van der Waals surface area (Å²) in [4.78, 5) is 11.8. The Morgan fingerprint density at radius 1 is 1.50 bits per heavy atom. The van der Waals surface area contributed by atoms with Gasteiger partial charge in [-0.2, -0.15) is 0 Å². The standard InChI is InChI=1S/C6H8F3NO2/c1-4(11)10-2-5(3-10)12-6(7,8)9/h5H,2-3H2,1H3. The Bertz CT molecular complexity index is 186. The third-order valence-electron chi connectivity index (χ3n) is 1.59. The van der Waals surface area contributed by atoms with Crippen LogP contribution in [0.1, 0.15) is 6.92 Å². The van der Waals surface area contributed by atoms with Gasteiger partial charge in [-0.25, -0.2) is 0 Å². The second-order valence-electron chi connectivity index (χ2n) is 2.61. The summed E-state index contributed by atoms with van der Waals surface area (Å²) in [6.45, 7) is 1.38. The molecule has 0 bridgehead atoms. The third-order valence-corrected chi connectivity index (χ3v) is 1.59. The summed E-state index contributed by atoms with van der Waals surface area (Å²) in [6.07, 6.45) is -5.47. The van der Waals surface area contributed by atoms with Crippen LogP contribution in [0.4, 0.5) is 13.2 Å². The molecule has 0 aromatic rings. The van der Waals surface area contributed by atoms with Crippen LogP contribution in [0.2, 0.25) is 0 Å². The number of halogens is 3. The smallest absolute Gasteiger partial charge is 0.338 e. The number of rotatable bonds is 1. The molecule has 0 aliphatic carbocycles. The van der Waals surface area contributed by atoms with E-state index in [0.717, 1.165) is 0 Å². The van der Waals surface area contributed by atoms with Gasteiger partial charge in [0.05, 0.1) is 0 Å². The summed E-state index contributed by atoms with van der Waals surface area (Å²) >= 11 is 0. The lowest BCUT2D eigenvalue weighted by atomic mass is 10.2.